The van der Waals surface area contributed by atoms with E-state index in [0.717, 1.165) is 17.9 Å². The Hall–Kier alpha value is -1.55. The minimum atomic E-state index is -0.473. The van der Waals surface area contributed by atoms with Crippen LogP contribution in [0.3, 0.4) is 0 Å². The highest BCUT2D eigenvalue weighted by Gasteiger charge is 2.16. The Labute approximate surface area is 115 Å². The van der Waals surface area contributed by atoms with Crippen LogP contribution in [0.25, 0.3) is 0 Å². The van der Waals surface area contributed by atoms with Gasteiger partial charge in [-0.25, -0.2) is 0 Å². The first-order chi connectivity index (χ1) is 8.95. The fraction of sp³-hybridized carbons (Fsp3) is 0.533. The van der Waals surface area contributed by atoms with E-state index in [9.17, 15) is 4.79 Å². The molecule has 0 aliphatic rings. The van der Waals surface area contributed by atoms with Gasteiger partial charge in [0.15, 0.2) is 6.10 Å². The highest BCUT2D eigenvalue weighted by molar-refractivity contribution is 5.80. The van der Waals surface area contributed by atoms with Gasteiger partial charge >= 0.3 is 0 Å². The second-order valence-corrected chi connectivity index (χ2v) is 4.84. The molecule has 1 N–H and O–H groups in total. The lowest BCUT2D eigenvalue weighted by Crippen LogP contribution is -2.35. The van der Waals surface area contributed by atoms with Gasteiger partial charge in [-0.1, -0.05) is 19.1 Å². The first kappa shape index (κ1) is 15.5. The molecule has 0 spiro atoms. The zero-order chi connectivity index (χ0) is 14.4. The quantitative estimate of drug-likeness (QED) is 0.856. The van der Waals surface area contributed by atoms with Crippen LogP contribution in [-0.4, -0.2) is 37.6 Å². The molecule has 0 bridgehead atoms. The second-order valence-electron chi connectivity index (χ2n) is 4.84. The Morgan fingerprint density at radius 2 is 2.05 bits per heavy atom. The van der Waals surface area contributed by atoms with Crippen molar-refractivity contribution in [3.05, 3.63) is 29.8 Å². The predicted octanol–water partition coefficient (Wildman–Crippen LogP) is 2.21. The molecule has 19 heavy (non-hydrogen) atoms. The molecular weight excluding hydrogens is 240 g/mol. The molecule has 0 heterocycles. The standard InChI is InChI=1S/C15H24N2O2/c1-6-16-11(2)13-8-7-9-14(10-13)19-12(3)15(18)17(4)5/h7-12,16H,6H2,1-5H3. The van der Waals surface area contributed by atoms with E-state index in [0.29, 0.717) is 0 Å². The number of likely N-dealkylation sites (N-methyl/N-ethyl adjacent to an activating group) is 1. The molecule has 0 aliphatic carbocycles. The van der Waals surface area contributed by atoms with Crippen molar-refractivity contribution < 1.29 is 9.53 Å². The lowest BCUT2D eigenvalue weighted by molar-refractivity contribution is -0.135. The van der Waals surface area contributed by atoms with Crippen LogP contribution < -0.4 is 10.1 Å². The Morgan fingerprint density at radius 1 is 1.37 bits per heavy atom. The van der Waals surface area contributed by atoms with Crippen LogP contribution in [0.2, 0.25) is 0 Å². The van der Waals surface area contributed by atoms with Crippen LogP contribution in [0.5, 0.6) is 5.75 Å². The smallest absolute Gasteiger partial charge is 0.262 e. The van der Waals surface area contributed by atoms with E-state index in [4.69, 9.17) is 4.74 Å². The van der Waals surface area contributed by atoms with Gasteiger partial charge in [0, 0.05) is 20.1 Å². The Kier molecular flexibility index (Phi) is 5.83. The molecule has 4 nitrogen and oxygen atoms in total. The highest BCUT2D eigenvalue weighted by Crippen LogP contribution is 2.20. The molecule has 2 unspecified atom stereocenters. The first-order valence-corrected chi connectivity index (χ1v) is 6.66. The molecular formula is C15H24N2O2. The van der Waals surface area contributed by atoms with E-state index >= 15 is 0 Å². The van der Waals surface area contributed by atoms with E-state index in [-0.39, 0.29) is 11.9 Å². The second kappa shape index (κ2) is 7.14. The average Bonchev–Trinajstić information content (AvgIpc) is 2.38. The van der Waals surface area contributed by atoms with E-state index in [1.807, 2.05) is 18.2 Å². The van der Waals surface area contributed by atoms with Gasteiger partial charge in [-0.15, -0.1) is 0 Å². The number of hydrogen-bond donors (Lipinski definition) is 1. The number of benzene rings is 1. The molecule has 0 aromatic heterocycles. The molecule has 1 rings (SSSR count). The van der Waals surface area contributed by atoms with Crippen LogP contribution in [0, 0.1) is 0 Å². The van der Waals surface area contributed by atoms with Crippen LogP contribution in [-0.2, 0) is 4.79 Å². The van der Waals surface area contributed by atoms with Gasteiger partial charge in [-0.05, 0) is 38.1 Å². The largest absolute Gasteiger partial charge is 0.481 e. The number of carbonyl (C=O) groups is 1. The topological polar surface area (TPSA) is 41.6 Å². The molecule has 0 radical (unpaired) electrons. The molecule has 4 heteroatoms. The summed E-state index contributed by atoms with van der Waals surface area (Å²) in [5.41, 5.74) is 1.16. The van der Waals surface area contributed by atoms with E-state index in [1.165, 1.54) is 4.90 Å². The van der Waals surface area contributed by atoms with Gasteiger partial charge in [0.1, 0.15) is 5.75 Å². The molecule has 0 fully saturated rings. The predicted molar refractivity (Wildman–Crippen MR) is 77.3 cm³/mol. The van der Waals surface area contributed by atoms with Crippen LogP contribution in [0.4, 0.5) is 0 Å². The number of nitrogens with one attached hydrogen (secondary N) is 1. The van der Waals surface area contributed by atoms with Crippen molar-refractivity contribution in [2.75, 3.05) is 20.6 Å². The normalized spacial score (nSPS) is 13.7. The molecule has 0 aliphatic heterocycles. The SMILES string of the molecule is CCNC(C)c1cccc(OC(C)C(=O)N(C)C)c1. The Morgan fingerprint density at radius 3 is 2.63 bits per heavy atom. The van der Waals surface area contributed by atoms with Gasteiger partial charge < -0.3 is 15.0 Å². The minimum Gasteiger partial charge on any atom is -0.481 e. The van der Waals surface area contributed by atoms with Crippen molar-refractivity contribution in [3.8, 4) is 5.75 Å². The summed E-state index contributed by atoms with van der Waals surface area (Å²) in [5.74, 6) is 0.690. The van der Waals surface area contributed by atoms with Gasteiger partial charge in [-0.2, -0.15) is 0 Å². The lowest BCUT2D eigenvalue weighted by Gasteiger charge is -2.19. The summed E-state index contributed by atoms with van der Waals surface area (Å²) >= 11 is 0. The maximum absolute atomic E-state index is 11.8. The summed E-state index contributed by atoms with van der Waals surface area (Å²) in [4.78, 5) is 13.3. The third-order valence-electron chi connectivity index (χ3n) is 2.97. The third-order valence-corrected chi connectivity index (χ3v) is 2.97. The maximum Gasteiger partial charge on any atom is 0.262 e. The molecule has 106 valence electrons. The number of nitrogens with zero attached hydrogens (tertiary/aromatic N) is 1. The van der Waals surface area contributed by atoms with Crippen LogP contribution >= 0.6 is 0 Å². The maximum atomic E-state index is 11.8. The van der Waals surface area contributed by atoms with Crippen LogP contribution in [0.15, 0.2) is 24.3 Å². The van der Waals surface area contributed by atoms with Crippen molar-refractivity contribution in [1.29, 1.82) is 0 Å². The fourth-order valence-electron chi connectivity index (χ4n) is 1.90. The number of hydrogen-bond acceptors (Lipinski definition) is 3. The molecule has 0 saturated heterocycles. The molecule has 1 aromatic rings. The molecule has 1 aromatic carbocycles. The number of ether oxygens (including phenoxy) is 1. The summed E-state index contributed by atoms with van der Waals surface area (Å²) < 4.78 is 5.69. The fourth-order valence-corrected chi connectivity index (χ4v) is 1.90. The average molecular weight is 264 g/mol. The summed E-state index contributed by atoms with van der Waals surface area (Å²) in [6.45, 7) is 6.87. The monoisotopic (exact) mass is 264 g/mol. The van der Waals surface area contributed by atoms with E-state index in [2.05, 4.69) is 25.2 Å². The zero-order valence-corrected chi connectivity index (χ0v) is 12.4. The van der Waals surface area contributed by atoms with Crippen LogP contribution in [0.1, 0.15) is 32.4 Å². The summed E-state index contributed by atoms with van der Waals surface area (Å²) in [6, 6.07) is 8.13. The third kappa shape index (κ3) is 4.56. The van der Waals surface area contributed by atoms with Crippen molar-refractivity contribution in [2.24, 2.45) is 0 Å². The van der Waals surface area contributed by atoms with Gasteiger partial charge in [-0.3, -0.25) is 4.79 Å². The van der Waals surface area contributed by atoms with Crippen molar-refractivity contribution >= 4 is 5.91 Å². The van der Waals surface area contributed by atoms with Gasteiger partial charge in [0.05, 0.1) is 0 Å². The molecule has 0 saturated carbocycles. The van der Waals surface area contributed by atoms with Crippen molar-refractivity contribution in [2.45, 2.75) is 32.9 Å². The summed E-state index contributed by atoms with van der Waals surface area (Å²) in [6.07, 6.45) is -0.473. The van der Waals surface area contributed by atoms with Gasteiger partial charge in [0.25, 0.3) is 5.91 Å². The molecule has 2 atom stereocenters. The van der Waals surface area contributed by atoms with E-state index < -0.39 is 6.10 Å². The van der Waals surface area contributed by atoms with Gasteiger partial charge in [0.2, 0.25) is 0 Å². The molecule has 1 amide bonds. The summed E-state index contributed by atoms with van der Waals surface area (Å²) in [7, 11) is 3.46. The lowest BCUT2D eigenvalue weighted by atomic mass is 10.1. The first-order valence-electron chi connectivity index (χ1n) is 6.66. The van der Waals surface area contributed by atoms with E-state index in [1.54, 1.807) is 21.0 Å². The highest BCUT2D eigenvalue weighted by atomic mass is 16.5. The Balaban J connectivity index is 2.74. The number of rotatable bonds is 6. The van der Waals surface area contributed by atoms with Crippen molar-refractivity contribution in [1.82, 2.24) is 10.2 Å². The van der Waals surface area contributed by atoms with Crippen molar-refractivity contribution in [3.63, 3.8) is 0 Å². The Bertz CT molecular complexity index is 418. The number of carbonyl (C=O) groups excluding carboxylic acids is 1. The minimum absolute atomic E-state index is 0.0369. The summed E-state index contributed by atoms with van der Waals surface area (Å²) in [5, 5.41) is 3.35. The zero-order valence-electron chi connectivity index (χ0n) is 12.4. The number of amides is 1.